The highest BCUT2D eigenvalue weighted by molar-refractivity contribution is 5.22. The molecular formula is C8H13NO. The summed E-state index contributed by atoms with van der Waals surface area (Å²) in [6, 6.07) is -0.351. The number of aliphatic hydroxyl groups is 1. The number of hydrogen-bond donors (Lipinski definition) is 2. The van der Waals surface area contributed by atoms with Gasteiger partial charge in [0, 0.05) is 0 Å². The van der Waals surface area contributed by atoms with Gasteiger partial charge in [0.05, 0.1) is 12.6 Å². The molecule has 10 heavy (non-hydrogen) atoms. The quantitative estimate of drug-likeness (QED) is 0.560. The summed E-state index contributed by atoms with van der Waals surface area (Å²) in [6.45, 7) is 7.06. The largest absolute Gasteiger partial charge is 0.394 e. The molecule has 0 bridgehead atoms. The Morgan fingerprint density at radius 3 is 2.70 bits per heavy atom. The molecule has 0 rings (SSSR count). The van der Waals surface area contributed by atoms with E-state index in [1.807, 2.05) is 0 Å². The monoisotopic (exact) mass is 139 g/mol. The summed E-state index contributed by atoms with van der Waals surface area (Å²) in [6.07, 6.45) is 5.10. The molecule has 0 aromatic heterocycles. The highest BCUT2D eigenvalue weighted by atomic mass is 16.3. The summed E-state index contributed by atoms with van der Waals surface area (Å²) in [5.41, 5.74) is 6.13. The topological polar surface area (TPSA) is 46.2 Å². The minimum absolute atomic E-state index is 0.0691. The van der Waals surface area contributed by atoms with Crippen LogP contribution in [0.1, 0.15) is 0 Å². The van der Waals surface area contributed by atoms with E-state index in [0.29, 0.717) is 5.57 Å². The molecule has 0 fully saturated rings. The maximum atomic E-state index is 8.56. The van der Waals surface area contributed by atoms with Crippen LogP contribution in [0.15, 0.2) is 37.0 Å². The van der Waals surface area contributed by atoms with Gasteiger partial charge in [-0.1, -0.05) is 31.4 Å². The van der Waals surface area contributed by atoms with Gasteiger partial charge >= 0.3 is 0 Å². The van der Waals surface area contributed by atoms with Crippen LogP contribution in [0, 0.1) is 0 Å². The Bertz CT molecular complexity index is 149. The molecule has 0 heterocycles. The van der Waals surface area contributed by atoms with Crippen molar-refractivity contribution >= 4 is 0 Å². The predicted octanol–water partition coefficient (Wildman–Crippen LogP) is 0.604. The second-order valence-corrected chi connectivity index (χ2v) is 1.96. The molecule has 1 atom stereocenters. The zero-order valence-corrected chi connectivity index (χ0v) is 5.96. The fourth-order valence-electron chi connectivity index (χ4n) is 0.432. The molecule has 0 spiro atoms. The fraction of sp³-hybridized carbons (Fsp3) is 0.250. The van der Waals surface area contributed by atoms with E-state index in [4.69, 9.17) is 10.8 Å². The van der Waals surface area contributed by atoms with E-state index in [2.05, 4.69) is 13.2 Å². The van der Waals surface area contributed by atoms with Crippen molar-refractivity contribution in [1.82, 2.24) is 0 Å². The Kier molecular flexibility index (Phi) is 4.54. The van der Waals surface area contributed by atoms with Crippen LogP contribution in [-0.4, -0.2) is 17.8 Å². The molecule has 0 amide bonds. The average Bonchev–Trinajstić information content (AvgIpc) is 1.98. The zero-order valence-electron chi connectivity index (χ0n) is 5.96. The zero-order chi connectivity index (χ0) is 7.98. The molecule has 0 saturated carbocycles. The molecule has 0 aromatic rings. The van der Waals surface area contributed by atoms with Crippen molar-refractivity contribution in [3.8, 4) is 0 Å². The predicted molar refractivity (Wildman–Crippen MR) is 43.5 cm³/mol. The minimum Gasteiger partial charge on any atom is -0.394 e. The van der Waals surface area contributed by atoms with Crippen LogP contribution in [0.4, 0.5) is 0 Å². The standard InChI is InChI=1S/C8H13NO/c1-3-4-5-7(2)8(9)6-10/h3-5,8,10H,1-2,6,9H2/b5-4-. The lowest BCUT2D eigenvalue weighted by atomic mass is 10.1. The molecule has 2 nitrogen and oxygen atoms in total. The van der Waals surface area contributed by atoms with E-state index in [1.165, 1.54) is 0 Å². The Hall–Kier alpha value is -0.860. The fourth-order valence-corrected chi connectivity index (χ4v) is 0.432. The summed E-state index contributed by atoms with van der Waals surface area (Å²) in [5.74, 6) is 0. The summed E-state index contributed by atoms with van der Waals surface area (Å²) in [4.78, 5) is 0. The van der Waals surface area contributed by atoms with E-state index in [-0.39, 0.29) is 12.6 Å². The van der Waals surface area contributed by atoms with E-state index < -0.39 is 0 Å². The van der Waals surface area contributed by atoms with Gasteiger partial charge in [-0.2, -0.15) is 0 Å². The van der Waals surface area contributed by atoms with Crippen molar-refractivity contribution < 1.29 is 5.11 Å². The van der Waals surface area contributed by atoms with E-state index >= 15 is 0 Å². The highest BCUT2D eigenvalue weighted by Gasteiger charge is 1.99. The maximum Gasteiger partial charge on any atom is 0.0624 e. The lowest BCUT2D eigenvalue weighted by Gasteiger charge is -2.05. The van der Waals surface area contributed by atoms with E-state index in [0.717, 1.165) is 0 Å². The molecule has 0 aliphatic rings. The third-order valence-corrected chi connectivity index (χ3v) is 1.12. The summed E-state index contributed by atoms with van der Waals surface area (Å²) in [5, 5.41) is 8.56. The van der Waals surface area contributed by atoms with Gasteiger partial charge in [-0.3, -0.25) is 0 Å². The van der Waals surface area contributed by atoms with Gasteiger partial charge in [0.1, 0.15) is 0 Å². The van der Waals surface area contributed by atoms with Gasteiger partial charge in [0.25, 0.3) is 0 Å². The van der Waals surface area contributed by atoms with Gasteiger partial charge in [0.15, 0.2) is 0 Å². The van der Waals surface area contributed by atoms with Crippen molar-refractivity contribution in [2.24, 2.45) is 5.73 Å². The van der Waals surface area contributed by atoms with Crippen molar-refractivity contribution in [1.29, 1.82) is 0 Å². The SMILES string of the molecule is C=C/C=C\C(=C)C(N)CO. The van der Waals surface area contributed by atoms with Crippen LogP contribution in [-0.2, 0) is 0 Å². The van der Waals surface area contributed by atoms with Crippen LogP contribution in [0.2, 0.25) is 0 Å². The number of hydrogen-bond acceptors (Lipinski definition) is 2. The lowest BCUT2D eigenvalue weighted by molar-refractivity contribution is 0.281. The average molecular weight is 139 g/mol. The number of rotatable bonds is 4. The number of aliphatic hydroxyl groups excluding tert-OH is 1. The first-order chi connectivity index (χ1) is 4.72. The first-order valence-corrected chi connectivity index (χ1v) is 3.06. The smallest absolute Gasteiger partial charge is 0.0624 e. The summed E-state index contributed by atoms with van der Waals surface area (Å²) >= 11 is 0. The van der Waals surface area contributed by atoms with Crippen LogP contribution < -0.4 is 5.73 Å². The normalized spacial score (nSPS) is 13.4. The minimum atomic E-state index is -0.351. The van der Waals surface area contributed by atoms with Crippen molar-refractivity contribution in [3.63, 3.8) is 0 Å². The van der Waals surface area contributed by atoms with E-state index in [9.17, 15) is 0 Å². The molecule has 3 N–H and O–H groups in total. The Labute approximate surface area is 61.4 Å². The molecule has 0 aromatic carbocycles. The van der Waals surface area contributed by atoms with Gasteiger partial charge in [0.2, 0.25) is 0 Å². The molecule has 56 valence electrons. The third-order valence-electron chi connectivity index (χ3n) is 1.12. The first kappa shape index (κ1) is 9.14. The second kappa shape index (κ2) is 4.97. The van der Waals surface area contributed by atoms with Crippen LogP contribution in [0.5, 0.6) is 0 Å². The Morgan fingerprint density at radius 2 is 2.30 bits per heavy atom. The molecule has 0 aliphatic heterocycles. The van der Waals surface area contributed by atoms with Crippen molar-refractivity contribution in [2.45, 2.75) is 6.04 Å². The molecule has 2 heteroatoms. The maximum absolute atomic E-state index is 8.56. The van der Waals surface area contributed by atoms with E-state index in [1.54, 1.807) is 18.2 Å². The first-order valence-electron chi connectivity index (χ1n) is 3.06. The Morgan fingerprint density at radius 1 is 1.70 bits per heavy atom. The third kappa shape index (κ3) is 3.22. The highest BCUT2D eigenvalue weighted by Crippen LogP contribution is 1.97. The molecule has 0 aliphatic carbocycles. The number of nitrogens with two attached hydrogens (primary N) is 1. The van der Waals surface area contributed by atoms with Crippen LogP contribution in [0.25, 0.3) is 0 Å². The van der Waals surface area contributed by atoms with Gasteiger partial charge in [-0.25, -0.2) is 0 Å². The second-order valence-electron chi connectivity index (χ2n) is 1.96. The Balaban J connectivity index is 3.83. The van der Waals surface area contributed by atoms with Crippen LogP contribution >= 0.6 is 0 Å². The molecule has 0 radical (unpaired) electrons. The van der Waals surface area contributed by atoms with Crippen molar-refractivity contribution in [3.05, 3.63) is 37.0 Å². The lowest BCUT2D eigenvalue weighted by Crippen LogP contribution is -2.25. The summed E-state index contributed by atoms with van der Waals surface area (Å²) < 4.78 is 0. The van der Waals surface area contributed by atoms with Gasteiger partial charge in [-0.05, 0) is 5.57 Å². The summed E-state index contributed by atoms with van der Waals surface area (Å²) in [7, 11) is 0. The molecular weight excluding hydrogens is 126 g/mol. The number of allylic oxidation sites excluding steroid dienone is 2. The van der Waals surface area contributed by atoms with Gasteiger partial charge < -0.3 is 10.8 Å². The molecule has 1 unspecified atom stereocenters. The van der Waals surface area contributed by atoms with Crippen molar-refractivity contribution in [2.75, 3.05) is 6.61 Å². The van der Waals surface area contributed by atoms with Gasteiger partial charge in [-0.15, -0.1) is 0 Å². The van der Waals surface area contributed by atoms with Crippen LogP contribution in [0.3, 0.4) is 0 Å². The molecule has 0 saturated heterocycles.